The lowest BCUT2D eigenvalue weighted by atomic mass is 9.99. The number of furan rings is 1. The second-order valence-corrected chi connectivity index (χ2v) is 10.1. The van der Waals surface area contributed by atoms with Gasteiger partial charge >= 0.3 is 0 Å². The Balaban J connectivity index is 1.41. The van der Waals surface area contributed by atoms with Crippen LogP contribution in [0.2, 0.25) is 0 Å². The summed E-state index contributed by atoms with van der Waals surface area (Å²) in [7, 11) is 0. The fourth-order valence-electron chi connectivity index (χ4n) is 4.56. The lowest BCUT2D eigenvalue weighted by Gasteiger charge is -2.24. The summed E-state index contributed by atoms with van der Waals surface area (Å²) in [5, 5.41) is 13.5. The van der Waals surface area contributed by atoms with Crippen LogP contribution in [0.3, 0.4) is 0 Å². The van der Waals surface area contributed by atoms with Crippen LogP contribution in [-0.2, 0) is 19.5 Å². The summed E-state index contributed by atoms with van der Waals surface area (Å²) in [6.07, 6.45) is 1.61. The number of aromatic amines is 1. The molecule has 7 heteroatoms. The first kappa shape index (κ1) is 24.2. The highest BCUT2D eigenvalue weighted by molar-refractivity contribution is 7.17. The molecular formula is C29H29N3O3S. The molecule has 0 fully saturated rings. The summed E-state index contributed by atoms with van der Waals surface area (Å²) in [4.78, 5) is 23.8. The average Bonchev–Trinajstić information content (AvgIpc) is 3.51. The molecule has 0 saturated carbocycles. The Kier molecular flexibility index (Phi) is 7.13. The van der Waals surface area contributed by atoms with Gasteiger partial charge in [0.2, 0.25) is 0 Å². The van der Waals surface area contributed by atoms with E-state index in [0.29, 0.717) is 42.1 Å². The van der Waals surface area contributed by atoms with Crippen LogP contribution in [0, 0.1) is 13.8 Å². The zero-order chi connectivity index (χ0) is 25.1. The molecule has 184 valence electrons. The van der Waals surface area contributed by atoms with Gasteiger partial charge in [-0.2, -0.15) is 0 Å². The maximum absolute atomic E-state index is 13.2. The molecule has 5 aromatic rings. The Morgan fingerprint density at radius 2 is 1.89 bits per heavy atom. The highest BCUT2D eigenvalue weighted by Crippen LogP contribution is 2.33. The van der Waals surface area contributed by atoms with Gasteiger partial charge in [0.05, 0.1) is 30.8 Å². The zero-order valence-corrected chi connectivity index (χ0v) is 21.2. The minimum atomic E-state index is -0.574. The van der Waals surface area contributed by atoms with Crippen molar-refractivity contribution in [3.05, 3.63) is 111 Å². The number of aryl methyl sites for hydroxylation is 2. The second kappa shape index (κ2) is 10.6. The first-order valence-electron chi connectivity index (χ1n) is 12.0. The Bertz CT molecular complexity index is 1510. The molecule has 6 nitrogen and oxygen atoms in total. The maximum Gasteiger partial charge on any atom is 0.260 e. The average molecular weight is 500 g/mol. The molecule has 36 heavy (non-hydrogen) atoms. The van der Waals surface area contributed by atoms with E-state index < -0.39 is 6.10 Å². The molecule has 0 unspecified atom stereocenters. The number of nitrogens with zero attached hydrogens (tertiary/aromatic N) is 2. The Morgan fingerprint density at radius 3 is 2.67 bits per heavy atom. The standard InChI is InChI=1S/C29H29N3O3S/c1-19-10-11-20(2)24(13-19)25-18-36-29-27(25)28(34)30-26(31-29)17-32(16-23-9-6-12-35-23)15-22(33)14-21-7-4-3-5-8-21/h3-13,18,22,33H,14-17H2,1-2H3,(H,30,31,34)/t22-/m0/s1. The van der Waals surface area contributed by atoms with Gasteiger partial charge in [0.25, 0.3) is 5.56 Å². The Hall–Kier alpha value is -3.52. The van der Waals surface area contributed by atoms with Crippen molar-refractivity contribution in [1.82, 2.24) is 14.9 Å². The summed E-state index contributed by atoms with van der Waals surface area (Å²) in [5.74, 6) is 1.36. The van der Waals surface area contributed by atoms with Crippen LogP contribution in [0.15, 0.2) is 81.5 Å². The molecule has 0 spiro atoms. The number of thiophene rings is 1. The number of H-pyrrole nitrogens is 1. The van der Waals surface area contributed by atoms with Crippen LogP contribution < -0.4 is 5.56 Å². The molecule has 0 aliphatic carbocycles. The summed E-state index contributed by atoms with van der Waals surface area (Å²) in [6.45, 7) is 5.40. The van der Waals surface area contributed by atoms with Crippen LogP contribution in [0.5, 0.6) is 0 Å². The molecule has 2 N–H and O–H groups in total. The van der Waals surface area contributed by atoms with Crippen LogP contribution in [-0.4, -0.2) is 32.6 Å². The van der Waals surface area contributed by atoms with E-state index in [1.54, 1.807) is 6.26 Å². The van der Waals surface area contributed by atoms with Crippen molar-refractivity contribution in [3.8, 4) is 11.1 Å². The molecular weight excluding hydrogens is 470 g/mol. The van der Waals surface area contributed by atoms with Crippen LogP contribution in [0.1, 0.15) is 28.3 Å². The molecule has 2 aromatic carbocycles. The molecule has 0 saturated heterocycles. The minimum Gasteiger partial charge on any atom is -0.468 e. The molecule has 0 amide bonds. The molecule has 0 radical (unpaired) electrons. The number of aliphatic hydroxyl groups excluding tert-OH is 1. The number of hydrogen-bond acceptors (Lipinski definition) is 6. The van der Waals surface area contributed by atoms with Gasteiger partial charge in [-0.25, -0.2) is 4.98 Å². The van der Waals surface area contributed by atoms with Crippen molar-refractivity contribution in [2.24, 2.45) is 0 Å². The quantitative estimate of drug-likeness (QED) is 0.281. The normalized spacial score (nSPS) is 12.4. The fourth-order valence-corrected chi connectivity index (χ4v) is 5.52. The van der Waals surface area contributed by atoms with Crippen molar-refractivity contribution < 1.29 is 9.52 Å². The first-order chi connectivity index (χ1) is 17.5. The third-order valence-corrected chi connectivity index (χ3v) is 7.16. The maximum atomic E-state index is 13.2. The number of aliphatic hydroxyl groups is 1. The van der Waals surface area contributed by atoms with Gasteiger partial charge in [0.1, 0.15) is 16.4 Å². The summed E-state index contributed by atoms with van der Waals surface area (Å²) < 4.78 is 5.56. The highest BCUT2D eigenvalue weighted by Gasteiger charge is 2.19. The van der Waals surface area contributed by atoms with E-state index in [2.05, 4.69) is 41.9 Å². The van der Waals surface area contributed by atoms with E-state index in [1.807, 2.05) is 47.8 Å². The fraction of sp³-hybridized carbons (Fsp3) is 0.241. The lowest BCUT2D eigenvalue weighted by molar-refractivity contribution is 0.0988. The highest BCUT2D eigenvalue weighted by atomic mass is 32.1. The van der Waals surface area contributed by atoms with Crippen molar-refractivity contribution in [1.29, 1.82) is 0 Å². The number of hydrogen-bond donors (Lipinski definition) is 2. The van der Waals surface area contributed by atoms with E-state index in [9.17, 15) is 9.90 Å². The zero-order valence-electron chi connectivity index (χ0n) is 20.4. The number of nitrogens with one attached hydrogen (secondary N) is 1. The third-order valence-electron chi connectivity index (χ3n) is 6.29. The van der Waals surface area contributed by atoms with Crippen molar-refractivity contribution in [2.75, 3.05) is 6.54 Å². The summed E-state index contributed by atoms with van der Waals surface area (Å²) in [6, 6.07) is 20.0. The van der Waals surface area contributed by atoms with E-state index >= 15 is 0 Å². The number of benzene rings is 2. The Morgan fingerprint density at radius 1 is 1.06 bits per heavy atom. The van der Waals surface area contributed by atoms with Crippen LogP contribution in [0.4, 0.5) is 0 Å². The van der Waals surface area contributed by atoms with Gasteiger partial charge in [0.15, 0.2) is 0 Å². The number of fused-ring (bicyclic) bond motifs is 1. The third kappa shape index (κ3) is 5.49. The largest absolute Gasteiger partial charge is 0.468 e. The molecule has 0 aliphatic heterocycles. The number of aromatic nitrogens is 2. The minimum absolute atomic E-state index is 0.144. The Labute approximate surface area is 213 Å². The number of rotatable bonds is 9. The molecule has 0 aliphatic rings. The van der Waals surface area contributed by atoms with Gasteiger partial charge in [-0.3, -0.25) is 9.69 Å². The van der Waals surface area contributed by atoms with Crippen LogP contribution in [0.25, 0.3) is 21.3 Å². The van der Waals surface area contributed by atoms with Crippen molar-refractivity contribution >= 4 is 21.6 Å². The van der Waals surface area contributed by atoms with Gasteiger partial charge in [-0.05, 0) is 49.1 Å². The van der Waals surface area contributed by atoms with Crippen molar-refractivity contribution in [3.63, 3.8) is 0 Å². The van der Waals surface area contributed by atoms with Gasteiger partial charge < -0.3 is 14.5 Å². The predicted molar refractivity (Wildman–Crippen MR) is 144 cm³/mol. The van der Waals surface area contributed by atoms with E-state index in [4.69, 9.17) is 9.40 Å². The summed E-state index contributed by atoms with van der Waals surface area (Å²) in [5.41, 5.74) is 5.19. The van der Waals surface area contributed by atoms with Gasteiger partial charge in [-0.1, -0.05) is 54.1 Å². The molecule has 1 atom stereocenters. The smallest absolute Gasteiger partial charge is 0.260 e. The van der Waals surface area contributed by atoms with E-state index in [1.165, 1.54) is 11.3 Å². The first-order valence-corrected chi connectivity index (χ1v) is 12.9. The van der Waals surface area contributed by atoms with E-state index in [0.717, 1.165) is 33.6 Å². The lowest BCUT2D eigenvalue weighted by Crippen LogP contribution is -2.34. The van der Waals surface area contributed by atoms with Crippen LogP contribution >= 0.6 is 11.3 Å². The molecule has 0 bridgehead atoms. The molecule has 3 heterocycles. The van der Waals surface area contributed by atoms with E-state index in [-0.39, 0.29) is 5.56 Å². The molecule has 5 rings (SSSR count). The van der Waals surface area contributed by atoms with Crippen molar-refractivity contribution in [2.45, 2.75) is 39.5 Å². The topological polar surface area (TPSA) is 82.4 Å². The monoisotopic (exact) mass is 499 g/mol. The predicted octanol–water partition coefficient (Wildman–Crippen LogP) is 5.47. The SMILES string of the molecule is Cc1ccc(C)c(-c2csc3nc(CN(Cc4ccco4)C[C@@H](O)Cc4ccccc4)[nH]c(=O)c23)c1. The summed E-state index contributed by atoms with van der Waals surface area (Å²) >= 11 is 1.48. The van der Waals surface area contributed by atoms with Gasteiger partial charge in [0, 0.05) is 17.5 Å². The molecule has 3 aromatic heterocycles. The van der Waals surface area contributed by atoms with Gasteiger partial charge in [-0.15, -0.1) is 11.3 Å². The second-order valence-electron chi connectivity index (χ2n) is 9.25.